The van der Waals surface area contributed by atoms with E-state index in [9.17, 15) is 10.1 Å². The van der Waals surface area contributed by atoms with Gasteiger partial charge in [0.05, 0.1) is 22.7 Å². The highest BCUT2D eigenvalue weighted by Gasteiger charge is 2.21. The van der Waals surface area contributed by atoms with Crippen molar-refractivity contribution in [3.63, 3.8) is 0 Å². The molecular formula is C10H10ClN5O2S. The second kappa shape index (κ2) is 5.45. The van der Waals surface area contributed by atoms with E-state index in [1.165, 1.54) is 11.3 Å². The Morgan fingerprint density at radius 2 is 2.26 bits per heavy atom. The van der Waals surface area contributed by atoms with Gasteiger partial charge in [0.15, 0.2) is 0 Å². The molecule has 0 N–H and O–H groups in total. The van der Waals surface area contributed by atoms with Crippen molar-refractivity contribution in [1.29, 1.82) is 0 Å². The molecule has 0 saturated carbocycles. The van der Waals surface area contributed by atoms with Gasteiger partial charge >= 0.3 is 5.69 Å². The minimum atomic E-state index is -0.526. The summed E-state index contributed by atoms with van der Waals surface area (Å²) in [5.74, 6) is 0.192. The predicted molar refractivity (Wildman–Crippen MR) is 72.7 cm³/mol. The molecule has 0 aliphatic heterocycles. The van der Waals surface area contributed by atoms with Crippen LogP contribution in [0.1, 0.15) is 10.6 Å². The molecule has 7 nitrogen and oxygen atoms in total. The van der Waals surface area contributed by atoms with Gasteiger partial charge in [0.25, 0.3) is 0 Å². The van der Waals surface area contributed by atoms with E-state index in [0.717, 1.165) is 16.8 Å². The number of aromatic nitrogens is 3. The van der Waals surface area contributed by atoms with Crippen molar-refractivity contribution in [1.82, 2.24) is 15.0 Å². The number of halogens is 1. The fourth-order valence-corrected chi connectivity index (χ4v) is 2.48. The Labute approximate surface area is 118 Å². The number of hydrogen-bond acceptors (Lipinski definition) is 7. The van der Waals surface area contributed by atoms with Crippen LogP contribution < -0.4 is 4.90 Å². The largest absolute Gasteiger partial charge is 0.349 e. The number of rotatable bonds is 4. The van der Waals surface area contributed by atoms with Gasteiger partial charge in [-0.05, 0) is 18.5 Å². The van der Waals surface area contributed by atoms with Gasteiger partial charge in [-0.15, -0.1) is 11.3 Å². The van der Waals surface area contributed by atoms with Crippen LogP contribution in [0.3, 0.4) is 0 Å². The average molecular weight is 300 g/mol. The molecule has 0 saturated heterocycles. The molecule has 0 spiro atoms. The van der Waals surface area contributed by atoms with E-state index in [1.54, 1.807) is 17.5 Å². The van der Waals surface area contributed by atoms with Gasteiger partial charge in [0, 0.05) is 11.9 Å². The lowest BCUT2D eigenvalue weighted by Gasteiger charge is -2.17. The highest BCUT2D eigenvalue weighted by atomic mass is 35.5. The molecule has 0 radical (unpaired) electrons. The third kappa shape index (κ3) is 2.96. The summed E-state index contributed by atoms with van der Waals surface area (Å²) in [6.45, 7) is 2.37. The SMILES string of the molecule is Cc1ncsc1CN(C)c1nc(Cl)ncc1[N+](=O)[O-]. The molecule has 2 rings (SSSR count). The molecule has 0 amide bonds. The molecule has 0 aromatic carbocycles. The van der Waals surface area contributed by atoms with Crippen molar-refractivity contribution < 1.29 is 4.92 Å². The van der Waals surface area contributed by atoms with E-state index in [1.807, 2.05) is 6.92 Å². The molecule has 9 heteroatoms. The first-order valence-electron chi connectivity index (χ1n) is 5.26. The van der Waals surface area contributed by atoms with Crippen molar-refractivity contribution in [2.75, 3.05) is 11.9 Å². The molecule has 0 unspecified atom stereocenters. The summed E-state index contributed by atoms with van der Waals surface area (Å²) in [6, 6.07) is 0. The number of hydrogen-bond donors (Lipinski definition) is 0. The molecule has 2 aromatic heterocycles. The number of nitro groups is 1. The molecule has 2 heterocycles. The minimum absolute atomic E-state index is 0.0199. The third-order valence-electron chi connectivity index (χ3n) is 2.50. The normalized spacial score (nSPS) is 10.5. The van der Waals surface area contributed by atoms with Gasteiger partial charge in [-0.3, -0.25) is 10.1 Å². The quantitative estimate of drug-likeness (QED) is 0.490. The zero-order valence-electron chi connectivity index (χ0n) is 10.2. The Kier molecular flexibility index (Phi) is 3.91. The van der Waals surface area contributed by atoms with Crippen LogP contribution in [0.4, 0.5) is 11.5 Å². The summed E-state index contributed by atoms with van der Waals surface area (Å²) in [7, 11) is 1.71. The van der Waals surface area contributed by atoms with Gasteiger partial charge in [-0.25, -0.2) is 9.97 Å². The van der Waals surface area contributed by atoms with Crippen molar-refractivity contribution in [2.24, 2.45) is 0 Å². The van der Waals surface area contributed by atoms with Crippen LogP contribution >= 0.6 is 22.9 Å². The molecule has 0 aliphatic carbocycles. The van der Waals surface area contributed by atoms with Crippen molar-refractivity contribution in [3.8, 4) is 0 Å². The van der Waals surface area contributed by atoms with Crippen LogP contribution in [0.5, 0.6) is 0 Å². The number of nitrogens with zero attached hydrogens (tertiary/aromatic N) is 5. The third-order valence-corrected chi connectivity index (χ3v) is 3.61. The van der Waals surface area contributed by atoms with Crippen molar-refractivity contribution >= 4 is 34.4 Å². The Morgan fingerprint density at radius 1 is 1.53 bits per heavy atom. The monoisotopic (exact) mass is 299 g/mol. The molecule has 100 valence electrons. The van der Waals surface area contributed by atoms with Gasteiger partial charge in [0.1, 0.15) is 6.20 Å². The lowest BCUT2D eigenvalue weighted by Crippen LogP contribution is -2.19. The van der Waals surface area contributed by atoms with Gasteiger partial charge < -0.3 is 4.90 Å². The first kappa shape index (κ1) is 13.6. The highest BCUT2D eigenvalue weighted by molar-refractivity contribution is 7.09. The fourth-order valence-electron chi connectivity index (χ4n) is 1.52. The number of thiazole rings is 1. The number of aryl methyl sites for hydroxylation is 1. The van der Waals surface area contributed by atoms with E-state index in [2.05, 4.69) is 15.0 Å². The predicted octanol–water partition coefficient (Wildman–Crippen LogP) is 2.44. The fraction of sp³-hybridized carbons (Fsp3) is 0.300. The topological polar surface area (TPSA) is 85.0 Å². The lowest BCUT2D eigenvalue weighted by molar-refractivity contribution is -0.384. The minimum Gasteiger partial charge on any atom is -0.349 e. The Hall–Kier alpha value is -1.80. The summed E-state index contributed by atoms with van der Waals surface area (Å²) in [5, 5.41) is 10.9. The standard InChI is InChI=1S/C10H10ClN5O2S/c1-6-8(19-5-13-6)4-15(2)9-7(16(17)18)3-12-10(11)14-9/h3,5H,4H2,1-2H3. The molecule has 0 aliphatic rings. The first-order chi connectivity index (χ1) is 8.99. The molecule has 0 bridgehead atoms. The maximum Gasteiger partial charge on any atom is 0.329 e. The average Bonchev–Trinajstić information content (AvgIpc) is 2.74. The van der Waals surface area contributed by atoms with Crippen LogP contribution in [0.2, 0.25) is 5.28 Å². The maximum absolute atomic E-state index is 11.0. The highest BCUT2D eigenvalue weighted by Crippen LogP contribution is 2.27. The van der Waals surface area contributed by atoms with Crippen LogP contribution in [-0.2, 0) is 6.54 Å². The van der Waals surface area contributed by atoms with Gasteiger partial charge in [0.2, 0.25) is 11.1 Å². The second-order valence-corrected chi connectivity index (χ2v) is 5.10. The number of anilines is 1. The zero-order valence-corrected chi connectivity index (χ0v) is 11.8. The second-order valence-electron chi connectivity index (χ2n) is 3.82. The Bertz CT molecular complexity index is 618. The maximum atomic E-state index is 11.0. The van der Waals surface area contributed by atoms with Crippen molar-refractivity contribution in [3.05, 3.63) is 37.7 Å². The summed E-state index contributed by atoms with van der Waals surface area (Å²) < 4.78 is 0. The Morgan fingerprint density at radius 3 is 2.84 bits per heavy atom. The van der Waals surface area contributed by atoms with Gasteiger partial charge in [-0.1, -0.05) is 0 Å². The van der Waals surface area contributed by atoms with E-state index in [4.69, 9.17) is 11.6 Å². The molecular weight excluding hydrogens is 290 g/mol. The molecule has 2 aromatic rings. The summed E-state index contributed by atoms with van der Waals surface area (Å²) in [6.07, 6.45) is 1.11. The first-order valence-corrected chi connectivity index (χ1v) is 6.52. The lowest BCUT2D eigenvalue weighted by atomic mass is 10.3. The molecule has 0 atom stereocenters. The van der Waals surface area contributed by atoms with E-state index in [-0.39, 0.29) is 16.8 Å². The summed E-state index contributed by atoms with van der Waals surface area (Å²) in [5.41, 5.74) is 2.47. The van der Waals surface area contributed by atoms with Crippen LogP contribution in [0, 0.1) is 17.0 Å². The van der Waals surface area contributed by atoms with E-state index < -0.39 is 4.92 Å². The summed E-state index contributed by atoms with van der Waals surface area (Å²) >= 11 is 7.19. The zero-order chi connectivity index (χ0) is 14.0. The van der Waals surface area contributed by atoms with Crippen LogP contribution in [-0.4, -0.2) is 26.9 Å². The smallest absolute Gasteiger partial charge is 0.329 e. The van der Waals surface area contributed by atoms with Crippen molar-refractivity contribution in [2.45, 2.75) is 13.5 Å². The van der Waals surface area contributed by atoms with E-state index >= 15 is 0 Å². The van der Waals surface area contributed by atoms with Crippen LogP contribution in [0.25, 0.3) is 0 Å². The van der Waals surface area contributed by atoms with Gasteiger partial charge in [-0.2, -0.15) is 4.98 Å². The Balaban J connectivity index is 2.32. The van der Waals surface area contributed by atoms with E-state index in [0.29, 0.717) is 6.54 Å². The molecule has 0 fully saturated rings. The van der Waals surface area contributed by atoms with Crippen LogP contribution in [0.15, 0.2) is 11.7 Å². The summed E-state index contributed by atoms with van der Waals surface area (Å²) in [4.78, 5) is 24.8. The molecule has 19 heavy (non-hydrogen) atoms.